The Morgan fingerprint density at radius 3 is 2.60 bits per heavy atom. The Kier molecular flexibility index (Phi) is 3.22. The van der Waals surface area contributed by atoms with Crippen LogP contribution in [0.3, 0.4) is 0 Å². The van der Waals surface area contributed by atoms with E-state index >= 15 is 0 Å². The average molecular weight is 210 g/mol. The van der Waals surface area contributed by atoms with Crippen molar-refractivity contribution in [2.24, 2.45) is 0 Å². The molecule has 1 aliphatic rings. The molecule has 0 saturated carbocycles. The quantitative estimate of drug-likeness (QED) is 0.493. The van der Waals surface area contributed by atoms with E-state index < -0.39 is 0 Å². The zero-order chi connectivity index (χ0) is 11.6. The van der Waals surface area contributed by atoms with Gasteiger partial charge in [-0.1, -0.05) is 0 Å². The molecule has 0 bridgehead atoms. The van der Waals surface area contributed by atoms with Crippen molar-refractivity contribution in [2.75, 3.05) is 7.11 Å². The number of esters is 1. The van der Waals surface area contributed by atoms with E-state index in [4.69, 9.17) is 9.47 Å². The fourth-order valence-corrected chi connectivity index (χ4v) is 1.74. The molecule has 0 spiro atoms. The molecule has 3 nitrogen and oxygen atoms in total. The SMILES string of the molecule is C/C=C1/OC(C)(C)C/C1=C(/C)C(=O)OC. The van der Waals surface area contributed by atoms with E-state index in [0.717, 1.165) is 17.8 Å². The third-order valence-corrected chi connectivity index (χ3v) is 2.49. The second-order valence-electron chi connectivity index (χ2n) is 4.29. The molecule has 0 aliphatic carbocycles. The van der Waals surface area contributed by atoms with Crippen LogP contribution in [0.25, 0.3) is 0 Å². The Morgan fingerprint density at radius 1 is 1.53 bits per heavy atom. The van der Waals surface area contributed by atoms with Gasteiger partial charge in [0.1, 0.15) is 11.4 Å². The van der Waals surface area contributed by atoms with Gasteiger partial charge in [0.2, 0.25) is 0 Å². The van der Waals surface area contributed by atoms with Gasteiger partial charge in [-0.25, -0.2) is 4.79 Å². The Bertz CT molecular complexity index is 335. The molecule has 3 heteroatoms. The topological polar surface area (TPSA) is 35.5 Å². The van der Waals surface area contributed by atoms with E-state index in [9.17, 15) is 4.79 Å². The summed E-state index contributed by atoms with van der Waals surface area (Å²) in [4.78, 5) is 11.4. The zero-order valence-electron chi connectivity index (χ0n) is 10.0. The number of carbonyl (C=O) groups is 1. The van der Waals surface area contributed by atoms with Crippen LogP contribution < -0.4 is 0 Å². The lowest BCUT2D eigenvalue weighted by Gasteiger charge is -2.15. The number of methoxy groups -OCH3 is 1. The molecule has 0 aromatic carbocycles. The summed E-state index contributed by atoms with van der Waals surface area (Å²) in [5.74, 6) is 0.508. The van der Waals surface area contributed by atoms with Gasteiger partial charge in [0.05, 0.1) is 7.11 Å². The summed E-state index contributed by atoms with van der Waals surface area (Å²) in [6, 6.07) is 0. The Hall–Kier alpha value is -1.25. The van der Waals surface area contributed by atoms with Gasteiger partial charge in [-0.15, -0.1) is 0 Å². The monoisotopic (exact) mass is 210 g/mol. The number of hydrogen-bond donors (Lipinski definition) is 0. The van der Waals surface area contributed by atoms with Crippen LogP contribution in [-0.4, -0.2) is 18.7 Å². The minimum absolute atomic E-state index is 0.230. The highest BCUT2D eigenvalue weighted by atomic mass is 16.5. The summed E-state index contributed by atoms with van der Waals surface area (Å²) < 4.78 is 10.4. The lowest BCUT2D eigenvalue weighted by atomic mass is 9.98. The van der Waals surface area contributed by atoms with Crippen LogP contribution in [-0.2, 0) is 14.3 Å². The van der Waals surface area contributed by atoms with Crippen molar-refractivity contribution in [3.8, 4) is 0 Å². The third-order valence-electron chi connectivity index (χ3n) is 2.49. The normalized spacial score (nSPS) is 25.0. The highest BCUT2D eigenvalue weighted by molar-refractivity contribution is 5.89. The summed E-state index contributed by atoms with van der Waals surface area (Å²) in [6.45, 7) is 7.69. The molecule has 0 radical (unpaired) electrons. The Morgan fingerprint density at radius 2 is 2.13 bits per heavy atom. The number of rotatable bonds is 1. The first-order valence-electron chi connectivity index (χ1n) is 5.05. The van der Waals surface area contributed by atoms with Crippen molar-refractivity contribution < 1.29 is 14.3 Å². The van der Waals surface area contributed by atoms with Crippen molar-refractivity contribution in [3.63, 3.8) is 0 Å². The molecule has 0 unspecified atom stereocenters. The second kappa shape index (κ2) is 4.09. The highest BCUT2D eigenvalue weighted by Crippen LogP contribution is 2.38. The molecular weight excluding hydrogens is 192 g/mol. The minimum atomic E-state index is -0.286. The maximum absolute atomic E-state index is 11.4. The van der Waals surface area contributed by atoms with Crippen LogP contribution in [0.2, 0.25) is 0 Å². The van der Waals surface area contributed by atoms with E-state index in [0.29, 0.717) is 5.57 Å². The van der Waals surface area contributed by atoms with Crippen LogP contribution in [0.1, 0.15) is 34.1 Å². The van der Waals surface area contributed by atoms with Gasteiger partial charge in [-0.05, 0) is 33.8 Å². The summed E-state index contributed by atoms with van der Waals surface area (Å²) in [5, 5.41) is 0. The third kappa shape index (κ3) is 2.41. The second-order valence-corrected chi connectivity index (χ2v) is 4.29. The minimum Gasteiger partial charge on any atom is -0.488 e. The lowest BCUT2D eigenvalue weighted by molar-refractivity contribution is -0.136. The Labute approximate surface area is 90.8 Å². The largest absolute Gasteiger partial charge is 0.488 e. The van der Waals surface area contributed by atoms with Gasteiger partial charge in [-0.2, -0.15) is 0 Å². The maximum atomic E-state index is 11.4. The van der Waals surface area contributed by atoms with Gasteiger partial charge >= 0.3 is 5.97 Å². The molecule has 1 saturated heterocycles. The van der Waals surface area contributed by atoms with Gasteiger partial charge < -0.3 is 9.47 Å². The van der Waals surface area contributed by atoms with Gasteiger partial charge in [0.25, 0.3) is 0 Å². The first-order valence-corrected chi connectivity index (χ1v) is 5.05. The maximum Gasteiger partial charge on any atom is 0.333 e. The molecule has 0 N–H and O–H groups in total. The Balaban J connectivity index is 3.10. The van der Waals surface area contributed by atoms with Crippen LogP contribution in [0.15, 0.2) is 23.0 Å². The van der Waals surface area contributed by atoms with Crippen molar-refractivity contribution in [1.82, 2.24) is 0 Å². The standard InChI is InChI=1S/C12H18O3/c1-6-10-9(7-12(3,4)15-10)8(2)11(13)14-5/h6H,7H2,1-5H3/b9-8+,10-6+. The first-order chi connectivity index (χ1) is 6.91. The van der Waals surface area contributed by atoms with Crippen molar-refractivity contribution >= 4 is 5.97 Å². The van der Waals surface area contributed by atoms with Crippen LogP contribution >= 0.6 is 0 Å². The lowest BCUT2D eigenvalue weighted by Crippen LogP contribution is -2.16. The molecule has 0 aromatic heterocycles. The molecule has 1 fully saturated rings. The predicted molar refractivity (Wildman–Crippen MR) is 58.3 cm³/mol. The molecule has 1 rings (SSSR count). The smallest absolute Gasteiger partial charge is 0.333 e. The predicted octanol–water partition coefficient (Wildman–Crippen LogP) is 2.58. The van der Waals surface area contributed by atoms with Crippen molar-refractivity contribution in [2.45, 2.75) is 39.7 Å². The van der Waals surface area contributed by atoms with Crippen LogP contribution in [0.4, 0.5) is 0 Å². The molecule has 0 amide bonds. The van der Waals surface area contributed by atoms with Crippen molar-refractivity contribution in [3.05, 3.63) is 23.0 Å². The van der Waals surface area contributed by atoms with E-state index in [1.807, 2.05) is 26.8 Å². The molecule has 84 valence electrons. The number of carbonyl (C=O) groups excluding carboxylic acids is 1. The van der Waals surface area contributed by atoms with Crippen LogP contribution in [0, 0.1) is 0 Å². The summed E-state index contributed by atoms with van der Waals surface area (Å²) in [6.07, 6.45) is 2.63. The van der Waals surface area contributed by atoms with Crippen LogP contribution in [0.5, 0.6) is 0 Å². The molecule has 1 aliphatic heterocycles. The summed E-state index contributed by atoms with van der Waals surface area (Å²) in [5.41, 5.74) is 1.36. The molecule has 15 heavy (non-hydrogen) atoms. The van der Waals surface area contributed by atoms with E-state index in [-0.39, 0.29) is 11.6 Å². The van der Waals surface area contributed by atoms with Gasteiger partial charge in [0.15, 0.2) is 0 Å². The number of allylic oxidation sites excluding steroid dienone is 2. The highest BCUT2D eigenvalue weighted by Gasteiger charge is 2.34. The summed E-state index contributed by atoms with van der Waals surface area (Å²) in [7, 11) is 1.39. The van der Waals surface area contributed by atoms with E-state index in [1.165, 1.54) is 7.11 Å². The molecule has 1 heterocycles. The first kappa shape index (κ1) is 11.8. The summed E-state index contributed by atoms with van der Waals surface area (Å²) >= 11 is 0. The zero-order valence-corrected chi connectivity index (χ0v) is 10.0. The fourth-order valence-electron chi connectivity index (χ4n) is 1.74. The number of ether oxygens (including phenoxy) is 2. The van der Waals surface area contributed by atoms with Crippen molar-refractivity contribution in [1.29, 1.82) is 0 Å². The average Bonchev–Trinajstić information content (AvgIpc) is 2.51. The molecular formula is C12H18O3. The van der Waals surface area contributed by atoms with E-state index in [1.54, 1.807) is 6.92 Å². The molecule has 0 atom stereocenters. The number of hydrogen-bond acceptors (Lipinski definition) is 3. The fraction of sp³-hybridized carbons (Fsp3) is 0.583. The van der Waals surface area contributed by atoms with Gasteiger partial charge in [-0.3, -0.25) is 0 Å². The van der Waals surface area contributed by atoms with E-state index in [2.05, 4.69) is 0 Å². The molecule has 0 aromatic rings. The van der Waals surface area contributed by atoms with Gasteiger partial charge in [0, 0.05) is 17.6 Å².